The topological polar surface area (TPSA) is 25.2 Å². The average Bonchev–Trinajstić information content (AvgIpc) is 2.66. The van der Waals surface area contributed by atoms with Gasteiger partial charge in [-0.15, -0.1) is 0 Å². The van der Waals surface area contributed by atoms with Crippen LogP contribution in [0.1, 0.15) is 11.5 Å². The number of furan rings is 1. The van der Waals surface area contributed by atoms with Crippen LogP contribution in [0.5, 0.6) is 0 Å². The average molecular weight is 284 g/mol. The molecule has 2 rings (SSSR count). The van der Waals surface area contributed by atoms with Gasteiger partial charge in [0.1, 0.15) is 17.3 Å². The van der Waals surface area contributed by atoms with Crippen LogP contribution >= 0.6 is 15.9 Å². The summed E-state index contributed by atoms with van der Waals surface area (Å²) in [6.45, 7) is 2.43. The Morgan fingerprint density at radius 3 is 2.81 bits per heavy atom. The van der Waals surface area contributed by atoms with Crippen molar-refractivity contribution in [1.82, 2.24) is 0 Å². The number of halogens is 2. The normalized spacial score (nSPS) is 10.4. The Kier molecular flexibility index (Phi) is 3.29. The summed E-state index contributed by atoms with van der Waals surface area (Å²) in [6, 6.07) is 8.32. The molecule has 0 amide bonds. The standard InChI is InChI=1S/C12H11BrFNO/c1-8-2-4-10(16-8)7-15-12-6-9(14)3-5-11(12)13/h2-6,15H,7H2,1H3. The van der Waals surface area contributed by atoms with E-state index in [1.165, 1.54) is 12.1 Å². The van der Waals surface area contributed by atoms with E-state index in [4.69, 9.17) is 4.42 Å². The van der Waals surface area contributed by atoms with Crippen LogP contribution in [0.2, 0.25) is 0 Å². The molecule has 1 N–H and O–H groups in total. The van der Waals surface area contributed by atoms with E-state index in [1.54, 1.807) is 6.07 Å². The van der Waals surface area contributed by atoms with Gasteiger partial charge in [-0.2, -0.15) is 0 Å². The number of benzene rings is 1. The van der Waals surface area contributed by atoms with Crippen molar-refractivity contribution < 1.29 is 8.81 Å². The minimum Gasteiger partial charge on any atom is -0.465 e. The van der Waals surface area contributed by atoms with Crippen molar-refractivity contribution in [3.63, 3.8) is 0 Å². The lowest BCUT2D eigenvalue weighted by Gasteiger charge is -2.06. The molecule has 1 heterocycles. The van der Waals surface area contributed by atoms with Gasteiger partial charge in [0.15, 0.2) is 0 Å². The van der Waals surface area contributed by atoms with Crippen molar-refractivity contribution in [2.24, 2.45) is 0 Å². The van der Waals surface area contributed by atoms with Gasteiger partial charge in [0.05, 0.1) is 12.2 Å². The molecular formula is C12H11BrFNO. The first kappa shape index (κ1) is 11.2. The Bertz CT molecular complexity index is 496. The largest absolute Gasteiger partial charge is 0.465 e. The van der Waals surface area contributed by atoms with Crippen LogP contribution in [-0.2, 0) is 6.54 Å². The molecule has 0 spiro atoms. The summed E-state index contributed by atoms with van der Waals surface area (Å²) in [7, 11) is 0. The second-order valence-corrected chi connectivity index (χ2v) is 4.34. The molecule has 16 heavy (non-hydrogen) atoms. The Morgan fingerprint density at radius 1 is 1.31 bits per heavy atom. The zero-order valence-corrected chi connectivity index (χ0v) is 10.3. The van der Waals surface area contributed by atoms with Crippen molar-refractivity contribution in [2.45, 2.75) is 13.5 Å². The molecule has 0 aliphatic rings. The lowest BCUT2D eigenvalue weighted by atomic mass is 10.3. The van der Waals surface area contributed by atoms with E-state index in [-0.39, 0.29) is 5.82 Å². The predicted molar refractivity (Wildman–Crippen MR) is 64.9 cm³/mol. The number of aryl methyl sites for hydroxylation is 1. The number of nitrogens with one attached hydrogen (secondary N) is 1. The Labute approximate surface area is 102 Å². The van der Waals surface area contributed by atoms with Crippen molar-refractivity contribution in [3.8, 4) is 0 Å². The first-order chi connectivity index (χ1) is 7.65. The van der Waals surface area contributed by atoms with Crippen LogP contribution in [0.25, 0.3) is 0 Å². The highest BCUT2D eigenvalue weighted by Gasteiger charge is 2.03. The van der Waals surface area contributed by atoms with E-state index in [0.717, 1.165) is 16.0 Å². The summed E-state index contributed by atoms with van der Waals surface area (Å²) in [5.41, 5.74) is 0.717. The van der Waals surface area contributed by atoms with Gasteiger partial charge >= 0.3 is 0 Å². The van der Waals surface area contributed by atoms with Gasteiger partial charge in [-0.3, -0.25) is 0 Å². The molecule has 0 radical (unpaired) electrons. The highest BCUT2D eigenvalue weighted by Crippen LogP contribution is 2.23. The molecule has 0 atom stereocenters. The minimum atomic E-state index is -0.263. The maximum Gasteiger partial charge on any atom is 0.125 e. The van der Waals surface area contributed by atoms with E-state index in [0.29, 0.717) is 12.2 Å². The van der Waals surface area contributed by atoms with E-state index in [9.17, 15) is 4.39 Å². The van der Waals surface area contributed by atoms with Crippen molar-refractivity contribution in [2.75, 3.05) is 5.32 Å². The van der Waals surface area contributed by atoms with E-state index >= 15 is 0 Å². The summed E-state index contributed by atoms with van der Waals surface area (Å²) < 4.78 is 19.2. The molecule has 0 saturated carbocycles. The Balaban J connectivity index is 2.07. The van der Waals surface area contributed by atoms with Crippen molar-refractivity contribution in [1.29, 1.82) is 0 Å². The third kappa shape index (κ3) is 2.64. The second kappa shape index (κ2) is 4.70. The fourth-order valence-electron chi connectivity index (χ4n) is 1.40. The Morgan fingerprint density at radius 2 is 2.12 bits per heavy atom. The lowest BCUT2D eigenvalue weighted by Crippen LogP contribution is -1.99. The smallest absolute Gasteiger partial charge is 0.125 e. The number of hydrogen-bond acceptors (Lipinski definition) is 2. The van der Waals surface area contributed by atoms with E-state index < -0.39 is 0 Å². The van der Waals surface area contributed by atoms with Gasteiger partial charge in [-0.25, -0.2) is 4.39 Å². The number of rotatable bonds is 3. The molecule has 0 bridgehead atoms. The van der Waals surface area contributed by atoms with Crippen LogP contribution in [0.4, 0.5) is 10.1 Å². The van der Waals surface area contributed by atoms with Gasteiger partial charge < -0.3 is 9.73 Å². The molecule has 0 fully saturated rings. The van der Waals surface area contributed by atoms with Crippen LogP contribution in [0, 0.1) is 12.7 Å². The van der Waals surface area contributed by atoms with Crippen molar-refractivity contribution >= 4 is 21.6 Å². The SMILES string of the molecule is Cc1ccc(CNc2cc(F)ccc2Br)o1. The summed E-state index contributed by atoms with van der Waals surface area (Å²) in [5, 5.41) is 3.10. The zero-order valence-electron chi connectivity index (χ0n) is 8.76. The van der Waals surface area contributed by atoms with Crippen LogP contribution < -0.4 is 5.32 Å². The van der Waals surface area contributed by atoms with Crippen LogP contribution in [0.3, 0.4) is 0 Å². The second-order valence-electron chi connectivity index (χ2n) is 3.49. The molecule has 0 aliphatic carbocycles. The van der Waals surface area contributed by atoms with Gasteiger partial charge in [0.25, 0.3) is 0 Å². The highest BCUT2D eigenvalue weighted by atomic mass is 79.9. The Hall–Kier alpha value is -1.29. The predicted octanol–water partition coefficient (Wildman–Crippen LogP) is 4.10. The first-order valence-corrected chi connectivity index (χ1v) is 5.69. The summed E-state index contributed by atoms with van der Waals surface area (Å²) in [6.07, 6.45) is 0. The summed E-state index contributed by atoms with van der Waals surface area (Å²) in [5.74, 6) is 1.44. The van der Waals surface area contributed by atoms with Gasteiger partial charge in [-0.1, -0.05) is 0 Å². The van der Waals surface area contributed by atoms with E-state index in [1.807, 2.05) is 19.1 Å². The number of hydrogen-bond donors (Lipinski definition) is 1. The third-order valence-corrected chi connectivity index (χ3v) is 2.87. The first-order valence-electron chi connectivity index (χ1n) is 4.89. The number of anilines is 1. The molecule has 2 aromatic rings. The van der Waals surface area contributed by atoms with Gasteiger partial charge in [0, 0.05) is 4.47 Å². The molecule has 0 unspecified atom stereocenters. The molecule has 0 aliphatic heterocycles. The maximum atomic E-state index is 13.0. The maximum absolute atomic E-state index is 13.0. The molecule has 1 aromatic carbocycles. The fraction of sp³-hybridized carbons (Fsp3) is 0.167. The van der Waals surface area contributed by atoms with Gasteiger partial charge in [-0.05, 0) is 53.2 Å². The monoisotopic (exact) mass is 283 g/mol. The van der Waals surface area contributed by atoms with Crippen LogP contribution in [0.15, 0.2) is 39.2 Å². The van der Waals surface area contributed by atoms with E-state index in [2.05, 4.69) is 21.2 Å². The van der Waals surface area contributed by atoms with Gasteiger partial charge in [0.2, 0.25) is 0 Å². The van der Waals surface area contributed by atoms with Crippen molar-refractivity contribution in [3.05, 3.63) is 52.1 Å². The molecule has 4 heteroatoms. The summed E-state index contributed by atoms with van der Waals surface area (Å²) in [4.78, 5) is 0. The molecule has 1 aromatic heterocycles. The minimum absolute atomic E-state index is 0.263. The van der Waals surface area contributed by atoms with Crippen LogP contribution in [-0.4, -0.2) is 0 Å². The molecule has 2 nitrogen and oxygen atoms in total. The molecule has 0 saturated heterocycles. The lowest BCUT2D eigenvalue weighted by molar-refractivity contribution is 0.490. The fourth-order valence-corrected chi connectivity index (χ4v) is 1.78. The zero-order chi connectivity index (χ0) is 11.5. The summed E-state index contributed by atoms with van der Waals surface area (Å²) >= 11 is 3.35. The molecular weight excluding hydrogens is 273 g/mol. The quantitative estimate of drug-likeness (QED) is 0.917. The third-order valence-electron chi connectivity index (χ3n) is 2.18. The highest BCUT2D eigenvalue weighted by molar-refractivity contribution is 9.10. The molecule has 84 valence electrons.